The zero-order valence-corrected chi connectivity index (χ0v) is 12.1. The lowest BCUT2D eigenvalue weighted by atomic mass is 9.99. The maximum atomic E-state index is 12.1. The third-order valence-corrected chi connectivity index (χ3v) is 3.67. The molecule has 1 amide bonds. The summed E-state index contributed by atoms with van der Waals surface area (Å²) in [5.74, 6) is 5.04. The number of benzene rings is 2. The van der Waals surface area contributed by atoms with Gasteiger partial charge < -0.3 is 5.84 Å². The Bertz CT molecular complexity index is 959. The number of fused-ring (bicyclic) bond motifs is 1. The SMILES string of the molecule is Nn1cc(-c2ccc(CC(=O)N=O)cc2)c2ccccc2c1=O. The van der Waals surface area contributed by atoms with Crippen LogP contribution in [0.1, 0.15) is 5.56 Å². The van der Waals surface area contributed by atoms with Crippen LogP contribution in [0.3, 0.4) is 0 Å². The summed E-state index contributed by atoms with van der Waals surface area (Å²) in [5.41, 5.74) is 2.11. The van der Waals surface area contributed by atoms with E-state index in [9.17, 15) is 14.5 Å². The zero-order chi connectivity index (χ0) is 16.4. The largest absolute Gasteiger partial charge is 0.336 e. The molecule has 114 valence electrons. The smallest absolute Gasteiger partial charge is 0.290 e. The minimum absolute atomic E-state index is 0.0269. The molecule has 1 aromatic heterocycles. The van der Waals surface area contributed by atoms with Crippen molar-refractivity contribution in [3.8, 4) is 11.1 Å². The van der Waals surface area contributed by atoms with Crippen LogP contribution < -0.4 is 11.4 Å². The van der Waals surface area contributed by atoms with E-state index >= 15 is 0 Å². The zero-order valence-electron chi connectivity index (χ0n) is 12.1. The van der Waals surface area contributed by atoms with E-state index in [-0.39, 0.29) is 12.0 Å². The van der Waals surface area contributed by atoms with Crippen molar-refractivity contribution in [1.29, 1.82) is 0 Å². The molecule has 6 heteroatoms. The number of pyridine rings is 1. The lowest BCUT2D eigenvalue weighted by Gasteiger charge is -2.10. The van der Waals surface area contributed by atoms with Crippen molar-refractivity contribution >= 4 is 16.7 Å². The predicted molar refractivity (Wildman–Crippen MR) is 88.3 cm³/mol. The van der Waals surface area contributed by atoms with Gasteiger partial charge in [0, 0.05) is 22.3 Å². The molecular formula is C17H13N3O3. The van der Waals surface area contributed by atoms with Crippen LogP contribution in [0.15, 0.2) is 64.7 Å². The Morgan fingerprint density at radius 2 is 1.70 bits per heavy atom. The van der Waals surface area contributed by atoms with Gasteiger partial charge in [0.25, 0.3) is 11.5 Å². The van der Waals surface area contributed by atoms with Crippen LogP contribution in [0, 0.1) is 4.91 Å². The molecule has 23 heavy (non-hydrogen) atoms. The van der Waals surface area contributed by atoms with Gasteiger partial charge in [-0.3, -0.25) is 9.59 Å². The molecule has 0 aliphatic heterocycles. The molecule has 0 fully saturated rings. The molecule has 6 nitrogen and oxygen atoms in total. The van der Waals surface area contributed by atoms with Gasteiger partial charge in [-0.05, 0) is 22.6 Å². The van der Waals surface area contributed by atoms with Crippen LogP contribution in [0.2, 0.25) is 0 Å². The lowest BCUT2D eigenvalue weighted by molar-refractivity contribution is -0.117. The van der Waals surface area contributed by atoms with Crippen molar-refractivity contribution < 1.29 is 4.79 Å². The van der Waals surface area contributed by atoms with E-state index in [4.69, 9.17) is 5.84 Å². The number of nitrogens with two attached hydrogens (primary N) is 1. The van der Waals surface area contributed by atoms with Gasteiger partial charge >= 0.3 is 0 Å². The van der Waals surface area contributed by atoms with Crippen molar-refractivity contribution in [1.82, 2.24) is 4.68 Å². The summed E-state index contributed by atoms with van der Waals surface area (Å²) in [6, 6.07) is 14.4. The Hall–Kier alpha value is -3.28. The van der Waals surface area contributed by atoms with Crippen LogP contribution in [-0.2, 0) is 11.2 Å². The maximum absolute atomic E-state index is 12.1. The third kappa shape index (κ3) is 2.74. The van der Waals surface area contributed by atoms with E-state index in [0.29, 0.717) is 10.9 Å². The Kier molecular flexibility index (Phi) is 3.72. The van der Waals surface area contributed by atoms with Gasteiger partial charge in [0.15, 0.2) is 0 Å². The number of nitrogens with zero attached hydrogens (tertiary/aromatic N) is 2. The molecule has 3 rings (SSSR count). The number of amides is 1. The predicted octanol–water partition coefficient (Wildman–Crippen LogP) is 2.22. The van der Waals surface area contributed by atoms with Gasteiger partial charge in [0.05, 0.1) is 6.42 Å². The van der Waals surface area contributed by atoms with Crippen LogP contribution in [-0.4, -0.2) is 10.6 Å². The van der Waals surface area contributed by atoms with Crippen LogP contribution in [0.5, 0.6) is 0 Å². The number of nitroso groups, excluding NO2 is 1. The molecule has 0 unspecified atom stereocenters. The Balaban J connectivity index is 2.10. The van der Waals surface area contributed by atoms with Gasteiger partial charge in [0.1, 0.15) is 0 Å². The third-order valence-electron chi connectivity index (χ3n) is 3.67. The highest BCUT2D eigenvalue weighted by atomic mass is 16.3. The first-order valence-electron chi connectivity index (χ1n) is 6.95. The molecule has 1 heterocycles. The highest BCUT2D eigenvalue weighted by molar-refractivity contribution is 5.95. The fourth-order valence-electron chi connectivity index (χ4n) is 2.55. The van der Waals surface area contributed by atoms with E-state index in [1.54, 1.807) is 30.5 Å². The maximum Gasteiger partial charge on any atom is 0.290 e. The topological polar surface area (TPSA) is 94.5 Å². The number of carbonyl (C=O) groups is 1. The van der Waals surface area contributed by atoms with Crippen LogP contribution in [0.4, 0.5) is 0 Å². The molecule has 0 bridgehead atoms. The highest BCUT2D eigenvalue weighted by Gasteiger charge is 2.09. The van der Waals surface area contributed by atoms with Gasteiger partial charge in [-0.15, -0.1) is 4.91 Å². The van der Waals surface area contributed by atoms with E-state index in [2.05, 4.69) is 5.18 Å². The van der Waals surface area contributed by atoms with E-state index < -0.39 is 5.91 Å². The molecule has 2 N–H and O–H groups in total. The second-order valence-corrected chi connectivity index (χ2v) is 5.16. The number of hydrogen-bond acceptors (Lipinski definition) is 4. The summed E-state index contributed by atoms with van der Waals surface area (Å²) < 4.78 is 1.06. The van der Waals surface area contributed by atoms with Crippen molar-refractivity contribution in [3.63, 3.8) is 0 Å². The van der Waals surface area contributed by atoms with Crippen molar-refractivity contribution in [2.75, 3.05) is 5.84 Å². The normalized spacial score (nSPS) is 10.6. The van der Waals surface area contributed by atoms with Gasteiger partial charge in [-0.2, -0.15) is 0 Å². The highest BCUT2D eigenvalue weighted by Crippen LogP contribution is 2.26. The summed E-state index contributed by atoms with van der Waals surface area (Å²) in [4.78, 5) is 33.3. The molecular weight excluding hydrogens is 294 g/mol. The Labute approximate surface area is 131 Å². The van der Waals surface area contributed by atoms with Crippen molar-refractivity contribution in [2.45, 2.75) is 6.42 Å². The molecule has 0 spiro atoms. The standard InChI is InChI=1S/C17H13N3O3/c18-20-10-15(13-3-1-2-4-14(13)17(20)22)12-7-5-11(6-8-12)9-16(21)19-23/h1-8,10H,9,18H2. The summed E-state index contributed by atoms with van der Waals surface area (Å²) in [6.45, 7) is 0. The van der Waals surface area contributed by atoms with Crippen LogP contribution in [0.25, 0.3) is 21.9 Å². The average Bonchev–Trinajstić information content (AvgIpc) is 2.59. The van der Waals surface area contributed by atoms with E-state index in [0.717, 1.165) is 21.2 Å². The average molecular weight is 307 g/mol. The lowest BCUT2D eigenvalue weighted by Crippen LogP contribution is -2.26. The van der Waals surface area contributed by atoms with Crippen molar-refractivity contribution in [3.05, 3.63) is 75.6 Å². The fourth-order valence-corrected chi connectivity index (χ4v) is 2.55. The van der Waals surface area contributed by atoms with Crippen molar-refractivity contribution in [2.24, 2.45) is 5.18 Å². The summed E-state index contributed by atoms with van der Waals surface area (Å²) in [7, 11) is 0. The number of carbonyl (C=O) groups excluding carboxylic acids is 1. The number of nitrogen functional groups attached to an aromatic ring is 1. The minimum Gasteiger partial charge on any atom is -0.336 e. The monoisotopic (exact) mass is 307 g/mol. The molecule has 3 aromatic rings. The first-order valence-corrected chi connectivity index (χ1v) is 6.95. The summed E-state index contributed by atoms with van der Waals surface area (Å²) in [5, 5.41) is 3.73. The summed E-state index contributed by atoms with van der Waals surface area (Å²) >= 11 is 0. The van der Waals surface area contributed by atoms with E-state index in [1.165, 1.54) is 0 Å². The molecule has 0 atom stereocenters. The molecule has 2 aromatic carbocycles. The van der Waals surface area contributed by atoms with Gasteiger partial charge in [-0.1, -0.05) is 42.5 Å². The molecule has 0 aliphatic rings. The first-order chi connectivity index (χ1) is 11.1. The Morgan fingerprint density at radius 1 is 1.04 bits per heavy atom. The second kappa shape index (κ2) is 5.84. The molecule has 0 saturated heterocycles. The first kappa shape index (κ1) is 14.6. The minimum atomic E-state index is -0.710. The second-order valence-electron chi connectivity index (χ2n) is 5.16. The number of aromatic nitrogens is 1. The quantitative estimate of drug-likeness (QED) is 0.593. The molecule has 0 aliphatic carbocycles. The summed E-state index contributed by atoms with van der Waals surface area (Å²) in [6.07, 6.45) is 1.55. The van der Waals surface area contributed by atoms with E-state index in [1.807, 2.05) is 24.3 Å². The number of rotatable bonds is 3. The van der Waals surface area contributed by atoms with Crippen LogP contribution >= 0.6 is 0 Å². The van der Waals surface area contributed by atoms with Gasteiger partial charge in [-0.25, -0.2) is 4.68 Å². The Morgan fingerprint density at radius 3 is 2.35 bits per heavy atom. The number of hydrogen-bond donors (Lipinski definition) is 1. The van der Waals surface area contributed by atoms with Gasteiger partial charge in [0.2, 0.25) is 0 Å². The molecule has 0 saturated carbocycles. The molecule has 0 radical (unpaired) electrons. The fraction of sp³-hybridized carbons (Fsp3) is 0.0588.